The summed E-state index contributed by atoms with van der Waals surface area (Å²) < 4.78 is 39.0. The lowest BCUT2D eigenvalue weighted by Gasteiger charge is -2.29. The minimum absolute atomic E-state index is 0.270. The minimum Gasteiger partial charge on any atom is -0.324 e. The van der Waals surface area contributed by atoms with Crippen LogP contribution in [0.25, 0.3) is 0 Å². The van der Waals surface area contributed by atoms with Gasteiger partial charge in [0.2, 0.25) is 15.9 Å². The van der Waals surface area contributed by atoms with Crippen molar-refractivity contribution in [2.45, 2.75) is 26.8 Å². The van der Waals surface area contributed by atoms with Crippen molar-refractivity contribution in [2.24, 2.45) is 0 Å². The second-order valence-electron chi connectivity index (χ2n) is 6.02. The van der Waals surface area contributed by atoms with E-state index in [0.29, 0.717) is 5.69 Å². The summed E-state index contributed by atoms with van der Waals surface area (Å²) in [5.74, 6) is -1.03. The maximum absolute atomic E-state index is 13.3. The fourth-order valence-electron chi connectivity index (χ4n) is 2.55. The largest absolute Gasteiger partial charge is 0.324 e. The van der Waals surface area contributed by atoms with Crippen LogP contribution in [0, 0.1) is 19.7 Å². The van der Waals surface area contributed by atoms with Gasteiger partial charge in [-0.1, -0.05) is 18.2 Å². The number of carbonyl (C=O) groups excluding carboxylic acids is 1. The number of hydrogen-bond donors (Lipinski definition) is 1. The van der Waals surface area contributed by atoms with Crippen LogP contribution in [0.4, 0.5) is 15.8 Å². The molecular formula is C18H21FN2O3S. The molecule has 0 fully saturated rings. The van der Waals surface area contributed by atoms with E-state index in [0.717, 1.165) is 21.7 Å². The Hall–Kier alpha value is -2.41. The first-order valence-corrected chi connectivity index (χ1v) is 9.57. The van der Waals surface area contributed by atoms with Gasteiger partial charge in [-0.3, -0.25) is 9.10 Å². The molecule has 1 N–H and O–H groups in total. The van der Waals surface area contributed by atoms with Gasteiger partial charge in [-0.05, 0) is 56.2 Å². The second kappa shape index (κ2) is 7.23. The molecule has 5 nitrogen and oxygen atoms in total. The van der Waals surface area contributed by atoms with Crippen molar-refractivity contribution >= 4 is 27.3 Å². The molecular weight excluding hydrogens is 343 g/mol. The summed E-state index contributed by atoms with van der Waals surface area (Å²) in [6, 6.07) is 9.84. The number of halogens is 1. The van der Waals surface area contributed by atoms with E-state index >= 15 is 0 Å². The third-order valence-electron chi connectivity index (χ3n) is 3.78. The number of nitrogens with zero attached hydrogens (tertiary/aromatic N) is 1. The molecule has 0 aliphatic carbocycles. The average molecular weight is 364 g/mol. The summed E-state index contributed by atoms with van der Waals surface area (Å²) in [6.45, 7) is 5.13. The third kappa shape index (κ3) is 4.57. The molecule has 1 unspecified atom stereocenters. The number of amides is 1. The highest BCUT2D eigenvalue weighted by Crippen LogP contribution is 2.26. The van der Waals surface area contributed by atoms with E-state index in [9.17, 15) is 17.6 Å². The molecule has 0 aliphatic rings. The van der Waals surface area contributed by atoms with Crippen LogP contribution in [-0.2, 0) is 14.8 Å². The molecule has 0 radical (unpaired) electrons. The summed E-state index contributed by atoms with van der Waals surface area (Å²) in [4.78, 5) is 12.5. The molecule has 7 heteroatoms. The number of hydrogen-bond acceptors (Lipinski definition) is 3. The first-order chi connectivity index (χ1) is 11.6. The van der Waals surface area contributed by atoms with E-state index in [1.165, 1.54) is 31.2 Å². The molecule has 1 amide bonds. The Bertz CT molecular complexity index is 897. The van der Waals surface area contributed by atoms with Crippen molar-refractivity contribution in [3.05, 3.63) is 59.4 Å². The lowest BCUT2D eigenvalue weighted by atomic mass is 10.1. The monoisotopic (exact) mass is 364 g/mol. The Morgan fingerprint density at radius 3 is 2.44 bits per heavy atom. The molecule has 0 saturated heterocycles. The van der Waals surface area contributed by atoms with Crippen molar-refractivity contribution in [1.29, 1.82) is 0 Å². The molecule has 2 aromatic carbocycles. The van der Waals surface area contributed by atoms with Gasteiger partial charge in [0.1, 0.15) is 11.9 Å². The lowest BCUT2D eigenvalue weighted by molar-refractivity contribution is -0.116. The van der Waals surface area contributed by atoms with Gasteiger partial charge in [-0.25, -0.2) is 12.8 Å². The van der Waals surface area contributed by atoms with Crippen LogP contribution in [0.1, 0.15) is 18.1 Å². The smallest absolute Gasteiger partial charge is 0.247 e. The van der Waals surface area contributed by atoms with Gasteiger partial charge in [-0.15, -0.1) is 0 Å². The molecule has 0 bridgehead atoms. The van der Waals surface area contributed by atoms with E-state index in [1.807, 2.05) is 13.0 Å². The minimum atomic E-state index is -3.70. The third-order valence-corrected chi connectivity index (χ3v) is 5.01. The van der Waals surface area contributed by atoms with Gasteiger partial charge in [0.25, 0.3) is 0 Å². The van der Waals surface area contributed by atoms with Crippen LogP contribution in [0.5, 0.6) is 0 Å². The molecule has 0 aromatic heterocycles. The van der Waals surface area contributed by atoms with Gasteiger partial charge in [0.05, 0.1) is 11.9 Å². The van der Waals surface area contributed by atoms with Crippen LogP contribution in [-0.4, -0.2) is 26.6 Å². The number of benzene rings is 2. The maximum atomic E-state index is 13.3. The van der Waals surface area contributed by atoms with Crippen molar-refractivity contribution in [1.82, 2.24) is 0 Å². The molecule has 0 aliphatic heterocycles. The number of aryl methyl sites for hydroxylation is 2. The SMILES string of the molecule is Cc1ccc(C)c(N(C(C)C(=O)Nc2cccc(F)c2)S(C)(=O)=O)c1. The topological polar surface area (TPSA) is 66.5 Å². The normalized spacial score (nSPS) is 12.5. The van der Waals surface area contributed by atoms with Crippen LogP contribution in [0.2, 0.25) is 0 Å². The van der Waals surface area contributed by atoms with Crippen LogP contribution < -0.4 is 9.62 Å². The predicted molar refractivity (Wildman–Crippen MR) is 97.7 cm³/mol. The Labute approximate surface area is 147 Å². The number of carbonyl (C=O) groups is 1. The quantitative estimate of drug-likeness (QED) is 0.886. The summed E-state index contributed by atoms with van der Waals surface area (Å²) in [7, 11) is -3.70. The van der Waals surface area contributed by atoms with Crippen LogP contribution in [0.3, 0.4) is 0 Å². The number of sulfonamides is 1. The molecule has 25 heavy (non-hydrogen) atoms. The molecule has 2 aromatic rings. The number of rotatable bonds is 5. The number of nitrogens with one attached hydrogen (secondary N) is 1. The van der Waals surface area contributed by atoms with E-state index < -0.39 is 27.8 Å². The van der Waals surface area contributed by atoms with E-state index in [4.69, 9.17) is 0 Å². The van der Waals surface area contributed by atoms with Crippen molar-refractivity contribution < 1.29 is 17.6 Å². The van der Waals surface area contributed by atoms with E-state index in [-0.39, 0.29) is 5.69 Å². The predicted octanol–water partition coefficient (Wildman–Crippen LogP) is 3.24. The Balaban J connectivity index is 2.38. The fraction of sp³-hybridized carbons (Fsp3) is 0.278. The molecule has 0 saturated carbocycles. The molecule has 0 heterocycles. The maximum Gasteiger partial charge on any atom is 0.247 e. The van der Waals surface area contributed by atoms with Gasteiger partial charge < -0.3 is 5.32 Å². The van der Waals surface area contributed by atoms with Crippen molar-refractivity contribution in [2.75, 3.05) is 15.9 Å². The fourth-order valence-corrected chi connectivity index (χ4v) is 3.77. The molecule has 2 rings (SSSR count). The zero-order chi connectivity index (χ0) is 18.8. The van der Waals surface area contributed by atoms with E-state index in [2.05, 4.69) is 5.32 Å². The van der Waals surface area contributed by atoms with E-state index in [1.54, 1.807) is 19.1 Å². The summed E-state index contributed by atoms with van der Waals surface area (Å²) in [5.41, 5.74) is 2.34. The lowest BCUT2D eigenvalue weighted by Crippen LogP contribution is -2.45. The van der Waals surface area contributed by atoms with Gasteiger partial charge in [-0.2, -0.15) is 0 Å². The van der Waals surface area contributed by atoms with Gasteiger partial charge in [0, 0.05) is 5.69 Å². The summed E-state index contributed by atoms with van der Waals surface area (Å²) in [5, 5.41) is 2.55. The van der Waals surface area contributed by atoms with Crippen LogP contribution >= 0.6 is 0 Å². The first kappa shape index (κ1) is 18.9. The van der Waals surface area contributed by atoms with Crippen LogP contribution in [0.15, 0.2) is 42.5 Å². The Kier molecular flexibility index (Phi) is 5.47. The molecule has 0 spiro atoms. The average Bonchev–Trinajstić information content (AvgIpc) is 2.49. The Morgan fingerprint density at radius 1 is 1.16 bits per heavy atom. The number of anilines is 2. The molecule has 134 valence electrons. The zero-order valence-corrected chi connectivity index (χ0v) is 15.4. The van der Waals surface area contributed by atoms with Crippen molar-refractivity contribution in [3.63, 3.8) is 0 Å². The van der Waals surface area contributed by atoms with Gasteiger partial charge >= 0.3 is 0 Å². The zero-order valence-electron chi connectivity index (χ0n) is 14.6. The first-order valence-electron chi connectivity index (χ1n) is 7.72. The highest BCUT2D eigenvalue weighted by Gasteiger charge is 2.30. The van der Waals surface area contributed by atoms with Gasteiger partial charge in [0.15, 0.2) is 0 Å². The Morgan fingerprint density at radius 2 is 1.84 bits per heavy atom. The summed E-state index contributed by atoms with van der Waals surface area (Å²) in [6.07, 6.45) is 1.06. The standard InChI is InChI=1S/C18H21FN2O3S/c1-12-8-9-13(2)17(10-12)21(25(4,23)24)14(3)18(22)20-16-7-5-6-15(19)11-16/h5-11,14H,1-4H3,(H,20,22). The second-order valence-corrected chi connectivity index (χ2v) is 7.88. The highest BCUT2D eigenvalue weighted by molar-refractivity contribution is 7.92. The van der Waals surface area contributed by atoms with Crippen molar-refractivity contribution in [3.8, 4) is 0 Å². The summed E-state index contributed by atoms with van der Waals surface area (Å²) >= 11 is 0. The molecule has 1 atom stereocenters. The highest BCUT2D eigenvalue weighted by atomic mass is 32.2.